The summed E-state index contributed by atoms with van der Waals surface area (Å²) in [5.41, 5.74) is 0. The number of rotatable bonds is 2. The standard InChI is InChI=1S/C6H13O7P/c7-1-2(8)5-3(9)4(10)6(11)14(12)13-5/h2-11,14H,1H2/t2-,3-,4+,5-,6-/m1/s1. The SMILES string of the molecule is O=[PH]1O[C@H]([C@H](O)CO)[C@H](O)[C@H](O)[C@@H]1O. The van der Waals surface area contributed by atoms with E-state index in [0.29, 0.717) is 0 Å². The normalized spacial score (nSPS) is 46.2. The van der Waals surface area contributed by atoms with Crippen LogP contribution in [0.1, 0.15) is 0 Å². The van der Waals surface area contributed by atoms with Crippen LogP contribution in [0.4, 0.5) is 0 Å². The van der Waals surface area contributed by atoms with Crippen LogP contribution in [0.3, 0.4) is 0 Å². The lowest BCUT2D eigenvalue weighted by molar-refractivity contribution is -0.137. The minimum atomic E-state index is -2.93. The first-order valence-electron chi connectivity index (χ1n) is 4.02. The van der Waals surface area contributed by atoms with Gasteiger partial charge in [0.2, 0.25) is 8.03 Å². The molecule has 1 fully saturated rings. The number of aliphatic hydroxyl groups is 5. The molecule has 84 valence electrons. The Morgan fingerprint density at radius 2 is 1.86 bits per heavy atom. The van der Waals surface area contributed by atoms with Crippen LogP contribution in [0.15, 0.2) is 0 Å². The van der Waals surface area contributed by atoms with Crippen molar-refractivity contribution in [3.63, 3.8) is 0 Å². The van der Waals surface area contributed by atoms with Gasteiger partial charge >= 0.3 is 0 Å². The highest BCUT2D eigenvalue weighted by atomic mass is 31.1. The maximum absolute atomic E-state index is 11.0. The monoisotopic (exact) mass is 228 g/mol. The Bertz CT molecular complexity index is 222. The van der Waals surface area contributed by atoms with Crippen LogP contribution < -0.4 is 0 Å². The summed E-state index contributed by atoms with van der Waals surface area (Å²) in [5.74, 6) is -1.64. The number of hydrogen-bond donors (Lipinski definition) is 5. The van der Waals surface area contributed by atoms with Gasteiger partial charge in [-0.3, -0.25) is 4.57 Å². The summed E-state index contributed by atoms with van der Waals surface area (Å²) in [6.45, 7) is -0.695. The summed E-state index contributed by atoms with van der Waals surface area (Å²) in [5, 5.41) is 45.2. The predicted molar refractivity (Wildman–Crippen MR) is 45.0 cm³/mol. The fourth-order valence-electron chi connectivity index (χ4n) is 1.20. The molecule has 0 aromatic heterocycles. The van der Waals surface area contributed by atoms with Gasteiger partial charge in [-0.25, -0.2) is 0 Å². The molecule has 8 heteroatoms. The molecule has 6 atom stereocenters. The largest absolute Gasteiger partial charge is 0.394 e. The van der Waals surface area contributed by atoms with Crippen LogP contribution in [-0.4, -0.2) is 62.4 Å². The number of aliphatic hydroxyl groups excluding tert-OH is 5. The molecule has 0 spiro atoms. The molecule has 1 aliphatic heterocycles. The van der Waals surface area contributed by atoms with Gasteiger partial charge in [0.05, 0.1) is 6.61 Å². The molecular weight excluding hydrogens is 215 g/mol. The summed E-state index contributed by atoms with van der Waals surface area (Å²) in [4.78, 5) is 0. The first kappa shape index (κ1) is 12.1. The Morgan fingerprint density at radius 3 is 2.36 bits per heavy atom. The van der Waals surface area contributed by atoms with Crippen molar-refractivity contribution in [2.75, 3.05) is 6.61 Å². The molecule has 1 saturated heterocycles. The van der Waals surface area contributed by atoms with E-state index < -0.39 is 44.9 Å². The minimum Gasteiger partial charge on any atom is -0.394 e. The summed E-state index contributed by atoms with van der Waals surface area (Å²) >= 11 is 0. The average molecular weight is 228 g/mol. The van der Waals surface area contributed by atoms with Crippen molar-refractivity contribution >= 4 is 8.03 Å². The van der Waals surface area contributed by atoms with E-state index in [0.717, 1.165) is 0 Å². The van der Waals surface area contributed by atoms with Crippen molar-refractivity contribution in [3.8, 4) is 0 Å². The maximum Gasteiger partial charge on any atom is 0.222 e. The molecule has 0 bridgehead atoms. The van der Waals surface area contributed by atoms with Crippen LogP contribution in [0.2, 0.25) is 0 Å². The molecule has 14 heavy (non-hydrogen) atoms. The first-order chi connectivity index (χ1) is 6.49. The third-order valence-electron chi connectivity index (χ3n) is 2.07. The molecule has 1 aliphatic rings. The van der Waals surface area contributed by atoms with Gasteiger partial charge in [0.25, 0.3) is 0 Å². The fraction of sp³-hybridized carbons (Fsp3) is 1.00. The van der Waals surface area contributed by atoms with Gasteiger partial charge in [-0.2, -0.15) is 0 Å². The summed E-state index contributed by atoms with van der Waals surface area (Å²) < 4.78 is 15.6. The average Bonchev–Trinajstić information content (AvgIpc) is 2.19. The molecular formula is C6H13O7P. The Labute approximate surface area is 80.4 Å². The highest BCUT2D eigenvalue weighted by Gasteiger charge is 2.44. The van der Waals surface area contributed by atoms with Gasteiger partial charge in [-0.05, 0) is 0 Å². The molecule has 5 N–H and O–H groups in total. The van der Waals surface area contributed by atoms with Crippen molar-refractivity contribution in [2.24, 2.45) is 0 Å². The molecule has 0 amide bonds. The lowest BCUT2D eigenvalue weighted by Crippen LogP contribution is -2.53. The van der Waals surface area contributed by atoms with Gasteiger partial charge in [0, 0.05) is 0 Å². The highest BCUT2D eigenvalue weighted by molar-refractivity contribution is 7.39. The zero-order valence-corrected chi connectivity index (χ0v) is 8.15. The fourth-order valence-corrected chi connectivity index (χ4v) is 2.38. The Balaban J connectivity index is 2.75. The van der Waals surface area contributed by atoms with E-state index in [4.69, 9.17) is 15.3 Å². The van der Waals surface area contributed by atoms with Crippen molar-refractivity contribution in [3.05, 3.63) is 0 Å². The van der Waals surface area contributed by atoms with Gasteiger partial charge in [0.1, 0.15) is 24.4 Å². The third kappa shape index (κ3) is 2.14. The smallest absolute Gasteiger partial charge is 0.222 e. The molecule has 0 aliphatic carbocycles. The van der Waals surface area contributed by atoms with E-state index >= 15 is 0 Å². The molecule has 7 nitrogen and oxygen atoms in total. The zero-order valence-electron chi connectivity index (χ0n) is 7.15. The van der Waals surface area contributed by atoms with Crippen LogP contribution in [-0.2, 0) is 9.09 Å². The van der Waals surface area contributed by atoms with Crippen LogP contribution in [0, 0.1) is 0 Å². The minimum absolute atomic E-state index is 0.695. The van der Waals surface area contributed by atoms with Crippen LogP contribution in [0.5, 0.6) is 0 Å². The lowest BCUT2D eigenvalue weighted by Gasteiger charge is -2.36. The quantitative estimate of drug-likeness (QED) is 0.324. The van der Waals surface area contributed by atoms with E-state index in [1.54, 1.807) is 0 Å². The second-order valence-electron chi connectivity index (χ2n) is 3.08. The van der Waals surface area contributed by atoms with Gasteiger partial charge in [-0.1, -0.05) is 0 Å². The van der Waals surface area contributed by atoms with Crippen molar-refractivity contribution in [1.82, 2.24) is 0 Å². The van der Waals surface area contributed by atoms with E-state index in [2.05, 4.69) is 4.52 Å². The summed E-state index contributed by atoms with van der Waals surface area (Å²) in [6, 6.07) is 0. The molecule has 0 aromatic rings. The molecule has 1 rings (SSSR count). The zero-order chi connectivity index (χ0) is 10.9. The molecule has 1 heterocycles. The maximum atomic E-state index is 11.0. The van der Waals surface area contributed by atoms with Crippen LogP contribution >= 0.6 is 8.03 Å². The second-order valence-corrected chi connectivity index (χ2v) is 4.54. The lowest BCUT2D eigenvalue weighted by atomic mass is 10.0. The predicted octanol–water partition coefficient (Wildman–Crippen LogP) is -2.75. The molecule has 0 radical (unpaired) electrons. The molecule has 0 aromatic carbocycles. The second kappa shape index (κ2) is 4.67. The Hall–Kier alpha value is -0.0100. The first-order valence-corrected chi connectivity index (χ1v) is 5.42. The summed E-state index contributed by atoms with van der Waals surface area (Å²) in [7, 11) is -2.93. The van der Waals surface area contributed by atoms with Crippen molar-refractivity contribution in [1.29, 1.82) is 0 Å². The third-order valence-corrected chi connectivity index (χ3v) is 3.40. The van der Waals surface area contributed by atoms with Crippen LogP contribution in [0.25, 0.3) is 0 Å². The Morgan fingerprint density at radius 1 is 1.29 bits per heavy atom. The Kier molecular flexibility index (Phi) is 4.03. The topological polar surface area (TPSA) is 127 Å². The van der Waals surface area contributed by atoms with E-state index in [-0.39, 0.29) is 0 Å². The highest BCUT2D eigenvalue weighted by Crippen LogP contribution is 2.39. The number of hydrogen-bond acceptors (Lipinski definition) is 7. The van der Waals surface area contributed by atoms with Crippen molar-refractivity contribution < 1.29 is 34.6 Å². The summed E-state index contributed by atoms with van der Waals surface area (Å²) in [6.07, 6.45) is -6.00. The van der Waals surface area contributed by atoms with Crippen molar-refractivity contribution in [2.45, 2.75) is 30.3 Å². The van der Waals surface area contributed by atoms with E-state index in [9.17, 15) is 14.8 Å². The van der Waals surface area contributed by atoms with Gasteiger partial charge < -0.3 is 30.1 Å². The molecule has 1 unspecified atom stereocenters. The van der Waals surface area contributed by atoms with E-state index in [1.807, 2.05) is 0 Å². The van der Waals surface area contributed by atoms with Gasteiger partial charge in [-0.15, -0.1) is 0 Å². The van der Waals surface area contributed by atoms with E-state index in [1.165, 1.54) is 0 Å². The van der Waals surface area contributed by atoms with Gasteiger partial charge in [0.15, 0.2) is 5.85 Å². The molecule has 0 saturated carbocycles.